The minimum Gasteiger partial charge on any atom is -0.481 e. The summed E-state index contributed by atoms with van der Waals surface area (Å²) in [6, 6.07) is -20.8. The normalized spacial score (nSPS) is 20.4. The fourth-order valence-electron chi connectivity index (χ4n) is 13.5. The number of carbonyl (C=O) groups excluding carboxylic acids is 19. The number of amides is 18. The molecule has 41 heteroatoms. The molecular weight excluding hydrogens is 1630 g/mol. The van der Waals surface area contributed by atoms with Gasteiger partial charge >= 0.3 is 11.9 Å². The lowest BCUT2D eigenvalue weighted by Crippen LogP contribution is -2.62. The average Bonchev–Trinajstić information content (AvgIpc) is 1.01. The summed E-state index contributed by atoms with van der Waals surface area (Å²) in [6.45, 7) is 26.5. The molecule has 0 saturated carbocycles. The van der Waals surface area contributed by atoms with Gasteiger partial charge in [-0.2, -0.15) is 0 Å². The Kier molecular flexibility index (Phi) is 52.0. The molecule has 24 N–H and O–H groups in total. The number of esters is 1. The Morgan fingerprint density at radius 2 is 0.808 bits per heavy atom. The minimum absolute atomic E-state index is 0.0670. The van der Waals surface area contributed by atoms with Crippen molar-refractivity contribution < 1.29 is 111 Å². The molecule has 18 amide bonds. The zero-order valence-corrected chi connectivity index (χ0v) is 76.0. The lowest BCUT2D eigenvalue weighted by Gasteiger charge is -2.30. The number of carboxylic acid groups (broad SMARTS) is 1. The molecule has 0 aliphatic carbocycles. The topological polar surface area (TPSA) is 664 Å². The van der Waals surface area contributed by atoms with Gasteiger partial charge in [0.05, 0.1) is 18.4 Å². The first-order valence-electron chi connectivity index (χ1n) is 43.7. The molecule has 0 aromatic carbocycles. The van der Waals surface area contributed by atoms with E-state index >= 15 is 9.59 Å². The summed E-state index contributed by atoms with van der Waals surface area (Å²) in [6.07, 6.45) is -1.89. The number of rotatable bonds is 50. The van der Waals surface area contributed by atoms with Gasteiger partial charge in [-0.1, -0.05) is 150 Å². The van der Waals surface area contributed by atoms with Gasteiger partial charge in [0.1, 0.15) is 85.2 Å². The number of aliphatic hydroxyl groups is 1. The van der Waals surface area contributed by atoms with Gasteiger partial charge in [0.2, 0.25) is 106 Å². The van der Waals surface area contributed by atoms with Gasteiger partial charge in [0.15, 0.2) is 0 Å². The number of nitrogens with one attached hydrogen (secondary N) is 14. The molecule has 1 aliphatic heterocycles. The van der Waals surface area contributed by atoms with E-state index in [0.29, 0.717) is 12.8 Å². The number of nitrogens with two attached hydrogens (primary N) is 4. The van der Waals surface area contributed by atoms with Crippen LogP contribution in [0.25, 0.3) is 0 Å². The maximum atomic E-state index is 15.1. The number of cyclic esters (lactones) is 1. The van der Waals surface area contributed by atoms with Crippen molar-refractivity contribution in [3.05, 3.63) is 0 Å². The largest absolute Gasteiger partial charge is 0.481 e. The van der Waals surface area contributed by atoms with Crippen molar-refractivity contribution in [3.63, 3.8) is 0 Å². The highest BCUT2D eigenvalue weighted by Crippen LogP contribution is 2.20. The summed E-state index contributed by atoms with van der Waals surface area (Å²) in [7, 11) is 0. The molecule has 0 bridgehead atoms. The number of unbranched alkanes of at least 4 members (excludes halogenated alkanes) is 4. The van der Waals surface area contributed by atoms with Gasteiger partial charge in [-0.3, -0.25) is 91.1 Å². The van der Waals surface area contributed by atoms with Crippen molar-refractivity contribution in [1.29, 1.82) is 0 Å². The predicted octanol–water partition coefficient (Wildman–Crippen LogP) is -1.19. The van der Waals surface area contributed by atoms with Crippen LogP contribution in [0.3, 0.4) is 0 Å². The number of primary amides is 4. The van der Waals surface area contributed by atoms with Crippen LogP contribution < -0.4 is 97.4 Å². The minimum atomic E-state index is -2.09. The summed E-state index contributed by atoms with van der Waals surface area (Å²) in [5.74, 6) is -25.7. The maximum Gasteiger partial charge on any atom is 0.328 e. The Bertz CT molecular complexity index is 3630. The first kappa shape index (κ1) is 112. The smallest absolute Gasteiger partial charge is 0.328 e. The van der Waals surface area contributed by atoms with Crippen molar-refractivity contribution in [3.8, 4) is 0 Å². The molecule has 1 saturated heterocycles. The average molecular weight is 1780 g/mol. The summed E-state index contributed by atoms with van der Waals surface area (Å²) < 4.78 is 5.76. The molecule has 15 atom stereocenters. The van der Waals surface area contributed by atoms with E-state index in [0.717, 1.165) is 25.7 Å². The fourth-order valence-corrected chi connectivity index (χ4v) is 13.5. The Hall–Kier alpha value is -10.6. The summed E-state index contributed by atoms with van der Waals surface area (Å²) in [4.78, 5) is 278. The third-order valence-corrected chi connectivity index (χ3v) is 20.4. The van der Waals surface area contributed by atoms with Crippen LogP contribution >= 0.6 is 0 Å². The molecule has 125 heavy (non-hydrogen) atoms. The lowest BCUT2D eigenvalue weighted by atomic mass is 9.97. The molecule has 1 aliphatic rings. The van der Waals surface area contributed by atoms with Crippen LogP contribution in [-0.4, -0.2) is 226 Å². The van der Waals surface area contributed by atoms with Gasteiger partial charge in [-0.25, -0.2) is 4.79 Å². The van der Waals surface area contributed by atoms with Crippen LogP contribution in [0.5, 0.6) is 0 Å². The van der Waals surface area contributed by atoms with Gasteiger partial charge in [-0.15, -0.1) is 0 Å². The van der Waals surface area contributed by atoms with Crippen molar-refractivity contribution in [2.45, 2.75) is 344 Å². The highest BCUT2D eigenvalue weighted by Gasteiger charge is 2.41. The zero-order valence-electron chi connectivity index (χ0n) is 76.0. The number of hydrogen-bond donors (Lipinski definition) is 20. The highest BCUT2D eigenvalue weighted by molar-refractivity contribution is 6.01. The standard InChI is InChI=1S/C84H146N18O23/c1-18-19-20-21-22-23-51(103)39-66(108)90-56(34-42(2)3)76(116)91-52(28-33-67(109)110)72(112)89-40-50(24-29-62(85)104)71(111)100-68(47(12)13)81(121)96-58(36-44(6)7)79(119)94-55(27-32-65(88)107)75(115)99-61-41-125-84(124)60(38-46(10)11)98-74(114)54(26-31-64(87)106)93-77(117)57(35-43(4)5)95-73(113)53(25-30-63(86)105)92-78(118)59(37-45(8)9)97-82(122)69(48(14)15)102-83(123)70(49(16)17)101-80(61)120/h42-61,68-70,103H,18-41H2,1-17H3,(H2,85,104)(H2,86,105)(H2,87,106)(H2,88,107)(H,89,112)(H,90,108)(H,91,116)(H,92,118)(H,93,117)(H,94,119)(H,95,113)(H,96,121)(H,97,122)(H,98,114)(H,99,115)(H,100,111)(H,101,120)(H,102,123)(H,109,110). The van der Waals surface area contributed by atoms with Gasteiger partial charge in [-0.05, 0) is 118 Å². The van der Waals surface area contributed by atoms with Crippen molar-refractivity contribution in [2.75, 3.05) is 13.2 Å². The monoisotopic (exact) mass is 1780 g/mol. The number of carbonyl (C=O) groups is 20. The van der Waals surface area contributed by atoms with E-state index in [2.05, 4.69) is 81.4 Å². The SMILES string of the molecule is CCCCCCCC(O)CC(=O)NC(CC(C)C)C(=O)NC(CCC(=O)O)C(=O)NCC(CCC(N)=O)C(=O)NC(C(=O)NC(CC(C)C)C(=O)NC(CCC(N)=O)C(=O)NC1COC(=O)C(CC(C)C)NC(=O)C(CCC(N)=O)NC(=O)C(CC(C)C)NC(=O)C(CCC(N)=O)NC(=O)C(CC(C)C)NC(=O)C(C(C)C)NC(=O)C(C(C)C)NC1=O)C(C)C. The van der Waals surface area contributed by atoms with Crippen LogP contribution in [0.4, 0.5) is 0 Å². The third-order valence-electron chi connectivity index (χ3n) is 20.4. The number of ether oxygens (including phenoxy) is 1. The van der Waals surface area contributed by atoms with E-state index in [9.17, 15) is 96.5 Å². The Morgan fingerprint density at radius 1 is 0.408 bits per heavy atom. The van der Waals surface area contributed by atoms with Gasteiger partial charge < -0.3 is 112 Å². The summed E-state index contributed by atoms with van der Waals surface area (Å²) >= 11 is 0. The first-order chi connectivity index (χ1) is 58.3. The highest BCUT2D eigenvalue weighted by atomic mass is 16.5. The first-order valence-corrected chi connectivity index (χ1v) is 43.7. The third kappa shape index (κ3) is 45.7. The molecule has 710 valence electrons. The molecule has 15 unspecified atom stereocenters. The molecule has 41 nitrogen and oxygen atoms in total. The second kappa shape index (κ2) is 57.8. The molecule has 1 heterocycles. The van der Waals surface area contributed by atoms with E-state index in [4.69, 9.17) is 27.7 Å². The van der Waals surface area contributed by atoms with Crippen molar-refractivity contribution in [2.24, 2.45) is 76.2 Å². The van der Waals surface area contributed by atoms with E-state index < -0.39 is 309 Å². The second-order valence-electron chi connectivity index (χ2n) is 35.6. The van der Waals surface area contributed by atoms with Crippen LogP contribution in [0, 0.1) is 53.3 Å². The Labute approximate surface area is 733 Å². The molecule has 0 aromatic heterocycles. The molecule has 0 aromatic rings. The summed E-state index contributed by atoms with van der Waals surface area (Å²) in [5.41, 5.74) is 22.2. The number of aliphatic carboxylic acids is 1. The van der Waals surface area contributed by atoms with Crippen LogP contribution in [0.1, 0.15) is 259 Å². The van der Waals surface area contributed by atoms with E-state index in [-0.39, 0.29) is 62.7 Å². The van der Waals surface area contributed by atoms with Crippen molar-refractivity contribution >= 4 is 118 Å². The second-order valence-corrected chi connectivity index (χ2v) is 35.6. The van der Waals surface area contributed by atoms with Crippen LogP contribution in [0.15, 0.2) is 0 Å². The number of aliphatic hydroxyl groups excluding tert-OH is 1. The molecule has 0 radical (unpaired) electrons. The van der Waals surface area contributed by atoms with Gasteiger partial charge in [0.25, 0.3) is 0 Å². The van der Waals surface area contributed by atoms with E-state index in [1.165, 1.54) is 27.7 Å². The van der Waals surface area contributed by atoms with E-state index in [1.54, 1.807) is 83.1 Å². The zero-order chi connectivity index (χ0) is 95.4. The Balaban J connectivity index is 4.14. The Morgan fingerprint density at radius 3 is 1.26 bits per heavy atom. The van der Waals surface area contributed by atoms with Gasteiger partial charge in [0, 0.05) is 38.6 Å². The maximum absolute atomic E-state index is 15.1. The molecule has 0 spiro atoms. The van der Waals surface area contributed by atoms with E-state index in [1.807, 2.05) is 0 Å². The lowest BCUT2D eigenvalue weighted by molar-refractivity contribution is -0.151. The molecule has 1 fully saturated rings. The van der Waals surface area contributed by atoms with Crippen molar-refractivity contribution in [1.82, 2.24) is 74.4 Å². The van der Waals surface area contributed by atoms with Crippen LogP contribution in [-0.2, 0) is 101 Å². The van der Waals surface area contributed by atoms with Crippen LogP contribution in [0.2, 0.25) is 0 Å². The number of hydrogen-bond acceptors (Lipinski definition) is 22. The molecule has 1 rings (SSSR count). The summed E-state index contributed by atoms with van der Waals surface area (Å²) in [5, 5.41) is 56.1. The predicted molar refractivity (Wildman–Crippen MR) is 459 cm³/mol. The molecular formula is C84H146N18O23. The number of carboxylic acids is 1. The fraction of sp³-hybridized carbons (Fsp3) is 0.762. The quantitative estimate of drug-likeness (QED) is 0.0252.